The zero-order valence-corrected chi connectivity index (χ0v) is 14.5. The van der Waals surface area contributed by atoms with Crippen molar-refractivity contribution in [2.45, 2.75) is 25.3 Å². The van der Waals surface area contributed by atoms with Crippen LogP contribution in [0.5, 0.6) is 0 Å². The van der Waals surface area contributed by atoms with Crippen LogP contribution in [0.1, 0.15) is 24.8 Å². The van der Waals surface area contributed by atoms with Crippen LogP contribution in [0.25, 0.3) is 6.08 Å². The van der Waals surface area contributed by atoms with Crippen LogP contribution in [0.2, 0.25) is 0 Å². The van der Waals surface area contributed by atoms with Crippen molar-refractivity contribution >= 4 is 29.6 Å². The zero-order chi connectivity index (χ0) is 16.4. The summed E-state index contributed by atoms with van der Waals surface area (Å²) in [6.07, 6.45) is 14.4. The first-order valence-electron chi connectivity index (χ1n) is 8.79. The molecule has 4 heteroatoms. The van der Waals surface area contributed by atoms with Crippen molar-refractivity contribution in [1.29, 1.82) is 0 Å². The molecule has 4 rings (SSSR count). The number of nitrogens with one attached hydrogen (secondary N) is 2. The van der Waals surface area contributed by atoms with Crippen molar-refractivity contribution in [3.8, 4) is 0 Å². The van der Waals surface area contributed by atoms with Crippen molar-refractivity contribution in [3.05, 3.63) is 54.1 Å². The molecule has 0 radical (unpaired) electrons. The molecule has 0 spiro atoms. The number of fused-ring (bicyclic) bond motifs is 5. The Bertz CT molecular complexity index is 679. The van der Waals surface area contributed by atoms with Crippen LogP contribution < -0.4 is 10.7 Å². The number of allylic oxidation sites excluding steroid dienone is 3. The fraction of sp³-hybridized carbons (Fsp3) is 0.400. The highest BCUT2D eigenvalue weighted by molar-refractivity contribution is 7.80. The smallest absolute Gasteiger partial charge is 0.187 e. The topological polar surface area (TPSA) is 36.4 Å². The van der Waals surface area contributed by atoms with Crippen LogP contribution >= 0.6 is 12.2 Å². The maximum Gasteiger partial charge on any atom is 0.187 e. The van der Waals surface area contributed by atoms with Gasteiger partial charge in [0.25, 0.3) is 0 Å². The maximum absolute atomic E-state index is 5.39. The summed E-state index contributed by atoms with van der Waals surface area (Å²) in [4.78, 5) is 0. The first-order valence-corrected chi connectivity index (χ1v) is 9.20. The molecule has 2 bridgehead atoms. The monoisotopic (exact) mass is 337 g/mol. The number of thiocarbonyl (C=S) groups is 1. The van der Waals surface area contributed by atoms with Gasteiger partial charge in [0.15, 0.2) is 5.11 Å². The molecule has 0 aromatic heterocycles. The third-order valence-corrected chi connectivity index (χ3v) is 5.95. The molecule has 124 valence electrons. The molecule has 0 amide bonds. The standard InChI is InChI=1S/C20H23N3S/c24-20(23-21-11-5-8-14-6-2-1-3-7-14)22-19-13-15-12-18(19)17-10-4-9-16(15)17/h1-8,10-11,15-19H,9,12-13H2,(H2,22,23,24)/b8-5+,21-11-/t15-,16-,17+,18+,19+/m1/s1. The Balaban J connectivity index is 1.24. The average molecular weight is 337 g/mol. The second-order valence-electron chi connectivity index (χ2n) is 7.04. The normalized spacial score (nSPS) is 33.4. The lowest BCUT2D eigenvalue weighted by atomic mass is 9.79. The molecule has 0 saturated heterocycles. The van der Waals surface area contributed by atoms with E-state index in [-0.39, 0.29) is 0 Å². The van der Waals surface area contributed by atoms with Gasteiger partial charge >= 0.3 is 0 Å². The van der Waals surface area contributed by atoms with Crippen LogP contribution in [0.4, 0.5) is 0 Å². The van der Waals surface area contributed by atoms with Crippen LogP contribution in [-0.2, 0) is 0 Å². The highest BCUT2D eigenvalue weighted by Crippen LogP contribution is 2.56. The number of nitrogens with zero attached hydrogens (tertiary/aromatic N) is 1. The van der Waals surface area contributed by atoms with Gasteiger partial charge in [-0.2, -0.15) is 5.10 Å². The van der Waals surface area contributed by atoms with Gasteiger partial charge in [0.2, 0.25) is 0 Å². The van der Waals surface area contributed by atoms with Gasteiger partial charge in [-0.3, -0.25) is 5.43 Å². The summed E-state index contributed by atoms with van der Waals surface area (Å²) in [5.74, 6) is 3.32. The molecule has 1 aromatic carbocycles. The molecule has 2 saturated carbocycles. The van der Waals surface area contributed by atoms with Gasteiger partial charge in [-0.05, 0) is 66.8 Å². The van der Waals surface area contributed by atoms with Gasteiger partial charge in [0, 0.05) is 12.3 Å². The molecular weight excluding hydrogens is 314 g/mol. The van der Waals surface area contributed by atoms with Gasteiger partial charge in [0.1, 0.15) is 0 Å². The largest absolute Gasteiger partial charge is 0.358 e. The van der Waals surface area contributed by atoms with Gasteiger partial charge in [0.05, 0.1) is 0 Å². The summed E-state index contributed by atoms with van der Waals surface area (Å²) >= 11 is 5.39. The quantitative estimate of drug-likeness (QED) is 0.380. The van der Waals surface area contributed by atoms with Crippen LogP contribution in [0, 0.1) is 23.7 Å². The highest BCUT2D eigenvalue weighted by atomic mass is 32.1. The molecule has 2 N–H and O–H groups in total. The van der Waals surface area contributed by atoms with Crippen LogP contribution in [0.3, 0.4) is 0 Å². The van der Waals surface area contributed by atoms with Crippen molar-refractivity contribution < 1.29 is 0 Å². The SMILES string of the molecule is S=C(N/N=C\C=C\c1ccccc1)N[C@H]1C[C@H]2C[C@H]1[C@H]1C=CC[C@H]21. The van der Waals surface area contributed by atoms with Crippen LogP contribution in [-0.4, -0.2) is 17.4 Å². The zero-order valence-electron chi connectivity index (χ0n) is 13.6. The molecule has 0 aliphatic heterocycles. The molecule has 0 unspecified atom stereocenters. The predicted molar refractivity (Wildman–Crippen MR) is 104 cm³/mol. The Morgan fingerprint density at radius 3 is 2.92 bits per heavy atom. The van der Waals surface area contributed by atoms with Crippen molar-refractivity contribution in [2.24, 2.45) is 28.8 Å². The molecule has 0 heterocycles. The molecule has 3 aliphatic carbocycles. The lowest BCUT2D eigenvalue weighted by molar-refractivity contribution is 0.246. The summed E-state index contributed by atoms with van der Waals surface area (Å²) in [5.41, 5.74) is 4.09. The van der Waals surface area contributed by atoms with E-state index in [2.05, 4.69) is 40.1 Å². The Labute approximate surface area is 148 Å². The Morgan fingerprint density at radius 2 is 2.04 bits per heavy atom. The van der Waals surface area contributed by atoms with E-state index >= 15 is 0 Å². The number of hydrogen-bond donors (Lipinski definition) is 2. The predicted octanol–water partition coefficient (Wildman–Crippen LogP) is 3.75. The van der Waals surface area contributed by atoms with Crippen LogP contribution in [0.15, 0.2) is 53.7 Å². The minimum absolute atomic E-state index is 0.508. The Morgan fingerprint density at radius 1 is 1.17 bits per heavy atom. The van der Waals surface area contributed by atoms with E-state index < -0.39 is 0 Å². The molecule has 24 heavy (non-hydrogen) atoms. The maximum atomic E-state index is 5.39. The second kappa shape index (κ2) is 6.89. The van der Waals surface area contributed by atoms with Gasteiger partial charge in [-0.1, -0.05) is 48.6 Å². The fourth-order valence-corrected chi connectivity index (χ4v) is 4.97. The van der Waals surface area contributed by atoms with E-state index in [1.54, 1.807) is 6.21 Å². The lowest BCUT2D eigenvalue weighted by Crippen LogP contribution is -2.45. The summed E-state index contributed by atoms with van der Waals surface area (Å²) in [6.45, 7) is 0. The Hall–Kier alpha value is -1.94. The highest BCUT2D eigenvalue weighted by Gasteiger charge is 2.52. The third kappa shape index (κ3) is 3.16. The van der Waals surface area contributed by atoms with Gasteiger partial charge in [-0.15, -0.1) is 0 Å². The second-order valence-corrected chi connectivity index (χ2v) is 7.45. The van der Waals surface area contributed by atoms with E-state index in [0.717, 1.165) is 29.2 Å². The van der Waals surface area contributed by atoms with E-state index in [1.165, 1.54) is 19.3 Å². The van der Waals surface area contributed by atoms with E-state index in [4.69, 9.17) is 12.2 Å². The summed E-state index contributed by atoms with van der Waals surface area (Å²) in [6, 6.07) is 10.7. The van der Waals surface area contributed by atoms with E-state index in [0.29, 0.717) is 11.2 Å². The van der Waals surface area contributed by atoms with E-state index in [9.17, 15) is 0 Å². The number of rotatable bonds is 4. The average Bonchev–Trinajstić information content (AvgIpc) is 3.28. The van der Waals surface area contributed by atoms with Gasteiger partial charge in [-0.25, -0.2) is 0 Å². The minimum Gasteiger partial charge on any atom is -0.358 e. The molecular formula is C20H23N3S. The summed E-state index contributed by atoms with van der Waals surface area (Å²) in [5, 5.41) is 8.29. The molecule has 3 aliphatic rings. The fourth-order valence-electron chi connectivity index (χ4n) is 4.77. The molecule has 5 atom stereocenters. The molecule has 1 aromatic rings. The summed E-state index contributed by atoms with van der Waals surface area (Å²) in [7, 11) is 0. The lowest BCUT2D eigenvalue weighted by Gasteiger charge is -2.32. The molecule has 2 fully saturated rings. The first kappa shape index (κ1) is 15.6. The number of hydrogen-bond acceptors (Lipinski definition) is 2. The third-order valence-electron chi connectivity index (χ3n) is 5.74. The minimum atomic E-state index is 0.508. The molecule has 3 nitrogen and oxygen atoms in total. The van der Waals surface area contributed by atoms with Gasteiger partial charge < -0.3 is 5.32 Å². The van der Waals surface area contributed by atoms with E-state index in [1.807, 2.05) is 30.4 Å². The first-order chi connectivity index (χ1) is 11.8. The Kier molecular flexibility index (Phi) is 4.48. The van der Waals surface area contributed by atoms with Crippen molar-refractivity contribution in [3.63, 3.8) is 0 Å². The van der Waals surface area contributed by atoms with Crippen molar-refractivity contribution in [1.82, 2.24) is 10.7 Å². The number of hydrazone groups is 1. The summed E-state index contributed by atoms with van der Waals surface area (Å²) < 4.78 is 0. The van der Waals surface area contributed by atoms with Crippen molar-refractivity contribution in [2.75, 3.05) is 0 Å². The number of benzene rings is 1.